The second kappa shape index (κ2) is 10.6. The van der Waals surface area contributed by atoms with E-state index in [1.807, 2.05) is 0 Å². The first-order valence-electron chi connectivity index (χ1n) is 9.50. The molecule has 0 aliphatic heterocycles. The maximum Gasteiger partial charge on any atom is 0.262 e. The highest BCUT2D eigenvalue weighted by Crippen LogP contribution is 2.27. The summed E-state index contributed by atoms with van der Waals surface area (Å²) in [6.07, 6.45) is 0. The zero-order chi connectivity index (χ0) is 24.0. The average Bonchev–Trinajstić information content (AvgIpc) is 2.75. The Kier molecular flexibility index (Phi) is 7.80. The van der Waals surface area contributed by atoms with Crippen LogP contribution in [0.1, 0.15) is 6.92 Å². The van der Waals surface area contributed by atoms with Crippen LogP contribution in [0.15, 0.2) is 71.6 Å². The third-order valence-electron chi connectivity index (χ3n) is 4.14. The van der Waals surface area contributed by atoms with E-state index in [0.29, 0.717) is 22.1 Å². The van der Waals surface area contributed by atoms with E-state index in [-0.39, 0.29) is 28.1 Å². The van der Waals surface area contributed by atoms with Crippen LogP contribution in [-0.2, 0) is 19.6 Å². The maximum atomic E-state index is 12.6. The largest absolute Gasteiger partial charge is 0.484 e. The number of benzene rings is 3. The van der Waals surface area contributed by atoms with Gasteiger partial charge in [-0.3, -0.25) is 14.3 Å². The van der Waals surface area contributed by atoms with Crippen molar-refractivity contribution in [3.05, 3.63) is 76.8 Å². The molecule has 0 unspecified atom stereocenters. The molecule has 3 aromatic carbocycles. The predicted molar refractivity (Wildman–Crippen MR) is 129 cm³/mol. The van der Waals surface area contributed by atoms with Gasteiger partial charge in [0.1, 0.15) is 5.75 Å². The fraction of sp³-hybridized carbons (Fsp3) is 0.0909. The summed E-state index contributed by atoms with van der Waals surface area (Å²) in [6.45, 7) is 1.09. The van der Waals surface area contributed by atoms with Crippen molar-refractivity contribution in [2.75, 3.05) is 22.0 Å². The molecule has 3 N–H and O–H groups in total. The molecule has 0 atom stereocenters. The number of ether oxygens (including phenoxy) is 1. The molecule has 0 radical (unpaired) electrons. The number of carbonyl (C=O) groups is 2. The molecule has 172 valence electrons. The van der Waals surface area contributed by atoms with E-state index in [9.17, 15) is 18.0 Å². The number of amides is 2. The van der Waals surface area contributed by atoms with Gasteiger partial charge in [0.2, 0.25) is 5.91 Å². The molecule has 0 aliphatic rings. The molecule has 0 aliphatic carbocycles. The fourth-order valence-electron chi connectivity index (χ4n) is 2.71. The predicted octanol–water partition coefficient (Wildman–Crippen LogP) is 4.77. The summed E-state index contributed by atoms with van der Waals surface area (Å²) in [4.78, 5) is 23.3. The maximum absolute atomic E-state index is 12.6. The lowest BCUT2D eigenvalue weighted by atomic mass is 10.2. The molecule has 8 nitrogen and oxygen atoms in total. The van der Waals surface area contributed by atoms with Crippen LogP contribution in [0.3, 0.4) is 0 Å². The number of rotatable bonds is 8. The van der Waals surface area contributed by atoms with Gasteiger partial charge in [-0.05, 0) is 60.7 Å². The molecular weight excluding hydrogens is 489 g/mol. The summed E-state index contributed by atoms with van der Waals surface area (Å²) in [5, 5.41) is 5.82. The highest BCUT2D eigenvalue weighted by Gasteiger charge is 2.15. The van der Waals surface area contributed by atoms with E-state index in [4.69, 9.17) is 27.9 Å². The average molecular weight is 508 g/mol. The zero-order valence-corrected chi connectivity index (χ0v) is 19.6. The van der Waals surface area contributed by atoms with Crippen molar-refractivity contribution < 1.29 is 22.7 Å². The quantitative estimate of drug-likeness (QED) is 0.406. The molecule has 11 heteroatoms. The molecule has 0 fully saturated rings. The van der Waals surface area contributed by atoms with Crippen molar-refractivity contribution in [2.24, 2.45) is 0 Å². The van der Waals surface area contributed by atoms with Gasteiger partial charge in [-0.25, -0.2) is 8.42 Å². The first-order valence-corrected chi connectivity index (χ1v) is 11.7. The molecule has 0 bridgehead atoms. The Hall–Kier alpha value is -3.27. The lowest BCUT2D eigenvalue weighted by Gasteiger charge is -2.11. The van der Waals surface area contributed by atoms with Crippen LogP contribution in [0, 0.1) is 0 Å². The van der Waals surface area contributed by atoms with Gasteiger partial charge in [0.05, 0.1) is 20.6 Å². The number of sulfonamides is 1. The van der Waals surface area contributed by atoms with E-state index in [1.54, 1.807) is 24.3 Å². The Balaban J connectivity index is 1.57. The summed E-state index contributed by atoms with van der Waals surface area (Å²) < 4.78 is 32.9. The Bertz CT molecular complexity index is 1280. The summed E-state index contributed by atoms with van der Waals surface area (Å²) in [5.41, 5.74) is 1.31. The molecule has 0 saturated heterocycles. The highest BCUT2D eigenvalue weighted by atomic mass is 35.5. The Morgan fingerprint density at radius 1 is 0.848 bits per heavy atom. The van der Waals surface area contributed by atoms with Crippen molar-refractivity contribution in [1.82, 2.24) is 0 Å². The SMILES string of the molecule is CC(=O)Nc1cccc(NC(=O)COc2ccc(S(=O)(=O)Nc3ccc(Cl)c(Cl)c3)cc2)c1. The number of halogens is 2. The van der Waals surface area contributed by atoms with Crippen molar-refractivity contribution in [2.45, 2.75) is 11.8 Å². The lowest BCUT2D eigenvalue weighted by molar-refractivity contribution is -0.118. The zero-order valence-electron chi connectivity index (χ0n) is 17.3. The minimum atomic E-state index is -3.86. The second-order valence-corrected chi connectivity index (χ2v) is 9.30. The van der Waals surface area contributed by atoms with Gasteiger partial charge in [-0.2, -0.15) is 0 Å². The Morgan fingerprint density at radius 3 is 2.15 bits per heavy atom. The number of hydrogen-bond acceptors (Lipinski definition) is 5. The molecule has 3 rings (SSSR count). The van der Waals surface area contributed by atoms with E-state index >= 15 is 0 Å². The standard InChI is InChI=1S/C22H19Cl2N3O5S/c1-14(28)25-15-3-2-4-16(11-15)26-22(29)13-32-18-6-8-19(9-7-18)33(30,31)27-17-5-10-20(23)21(24)12-17/h2-12,27H,13H2,1H3,(H,25,28)(H,26,29). The van der Waals surface area contributed by atoms with Gasteiger partial charge in [0.15, 0.2) is 6.61 Å². The highest BCUT2D eigenvalue weighted by molar-refractivity contribution is 7.92. The van der Waals surface area contributed by atoms with Crippen LogP contribution in [0.25, 0.3) is 0 Å². The van der Waals surface area contributed by atoms with Gasteiger partial charge in [0, 0.05) is 18.3 Å². The third-order valence-corrected chi connectivity index (χ3v) is 6.28. The summed E-state index contributed by atoms with van der Waals surface area (Å²) in [7, 11) is -3.86. The molecule has 0 spiro atoms. The van der Waals surface area contributed by atoms with E-state index in [2.05, 4.69) is 15.4 Å². The fourth-order valence-corrected chi connectivity index (χ4v) is 4.06. The molecule has 3 aromatic rings. The molecule has 33 heavy (non-hydrogen) atoms. The van der Waals surface area contributed by atoms with E-state index < -0.39 is 15.9 Å². The summed E-state index contributed by atoms with van der Waals surface area (Å²) >= 11 is 11.8. The monoisotopic (exact) mass is 507 g/mol. The lowest BCUT2D eigenvalue weighted by Crippen LogP contribution is -2.20. The van der Waals surface area contributed by atoms with Gasteiger partial charge >= 0.3 is 0 Å². The van der Waals surface area contributed by atoms with Crippen LogP contribution >= 0.6 is 23.2 Å². The first-order chi connectivity index (χ1) is 15.6. The van der Waals surface area contributed by atoms with E-state index in [0.717, 1.165) is 0 Å². The normalized spacial score (nSPS) is 10.9. The van der Waals surface area contributed by atoms with E-state index in [1.165, 1.54) is 49.4 Å². The van der Waals surface area contributed by atoms with Crippen LogP contribution in [0.4, 0.5) is 17.1 Å². The minimum absolute atomic E-state index is 0.000148. The van der Waals surface area contributed by atoms with Gasteiger partial charge in [-0.1, -0.05) is 29.3 Å². The van der Waals surface area contributed by atoms with Gasteiger partial charge in [0.25, 0.3) is 15.9 Å². The number of hydrogen-bond donors (Lipinski definition) is 3. The Labute approximate surface area is 200 Å². The number of anilines is 3. The van der Waals surface area contributed by atoms with Crippen LogP contribution in [0.5, 0.6) is 5.75 Å². The van der Waals surface area contributed by atoms with Crippen molar-refractivity contribution in [3.8, 4) is 5.75 Å². The molecule has 0 aromatic heterocycles. The summed E-state index contributed by atoms with van der Waals surface area (Å²) in [6, 6.07) is 16.6. The van der Waals surface area contributed by atoms with Crippen molar-refractivity contribution in [1.29, 1.82) is 0 Å². The van der Waals surface area contributed by atoms with Crippen LogP contribution < -0.4 is 20.1 Å². The van der Waals surface area contributed by atoms with Crippen LogP contribution in [0.2, 0.25) is 10.0 Å². The van der Waals surface area contributed by atoms with Crippen LogP contribution in [-0.4, -0.2) is 26.8 Å². The topological polar surface area (TPSA) is 114 Å². The minimum Gasteiger partial charge on any atom is -0.484 e. The molecule has 0 heterocycles. The Morgan fingerprint density at radius 2 is 1.52 bits per heavy atom. The third kappa shape index (κ3) is 7.11. The first kappa shape index (κ1) is 24.4. The number of carbonyl (C=O) groups excluding carboxylic acids is 2. The van der Waals surface area contributed by atoms with Gasteiger partial charge < -0.3 is 15.4 Å². The second-order valence-electron chi connectivity index (χ2n) is 6.80. The van der Waals surface area contributed by atoms with Gasteiger partial charge in [-0.15, -0.1) is 0 Å². The van der Waals surface area contributed by atoms with Crippen molar-refractivity contribution in [3.63, 3.8) is 0 Å². The summed E-state index contributed by atoms with van der Waals surface area (Å²) in [5.74, 6) is -0.335. The molecule has 2 amide bonds. The molecule has 0 saturated carbocycles. The van der Waals surface area contributed by atoms with Crippen molar-refractivity contribution >= 4 is 62.1 Å². The molecular formula is C22H19Cl2N3O5S. The smallest absolute Gasteiger partial charge is 0.262 e. The number of nitrogens with one attached hydrogen (secondary N) is 3.